The summed E-state index contributed by atoms with van der Waals surface area (Å²) in [4.78, 5) is 35.0. The maximum absolute atomic E-state index is 14.0. The van der Waals surface area contributed by atoms with Crippen LogP contribution in [0.4, 0.5) is 8.78 Å². The molecule has 0 N–H and O–H groups in total. The van der Waals surface area contributed by atoms with E-state index < -0.39 is 71.6 Å². The molecule has 5 atom stereocenters. The van der Waals surface area contributed by atoms with Crippen molar-refractivity contribution in [3.8, 4) is 17.3 Å². The Hall–Kier alpha value is -3.63. The highest BCUT2D eigenvalue weighted by molar-refractivity contribution is 6.31. The number of rotatable bonds is 6. The molecule has 1 fully saturated rings. The first-order valence-corrected chi connectivity index (χ1v) is 10.5. The molecule has 0 aliphatic carbocycles. The third-order valence-electron chi connectivity index (χ3n) is 4.94. The van der Waals surface area contributed by atoms with Crippen molar-refractivity contribution in [1.29, 1.82) is 5.26 Å². The normalized spacial score (nSPS) is 23.7. The Morgan fingerprint density at radius 3 is 2.26 bits per heavy atom. The molecule has 0 radical (unpaired) electrons. The standard InChI is InChI=1S/C21H19ClF2N4O7/c1-9(29)32-8-17-21(34-11(3)31)19(20(33-10(2)30)16(6-25)35-17)28-7-15(26-27-28)12-4-13(23)18(22)14(24)5-12/h4-5,7,16-17,19-21H,8H2,1-3H3/t16-,17+,19+,20-,21-/m0/s1. The van der Waals surface area contributed by atoms with Crippen LogP contribution < -0.4 is 0 Å². The summed E-state index contributed by atoms with van der Waals surface area (Å²) in [6, 6.07) is 2.55. The van der Waals surface area contributed by atoms with Crippen molar-refractivity contribution < 1.29 is 42.1 Å². The minimum Gasteiger partial charge on any atom is -0.463 e. The maximum Gasteiger partial charge on any atom is 0.303 e. The number of hydrogen-bond donors (Lipinski definition) is 0. The van der Waals surface area contributed by atoms with Gasteiger partial charge >= 0.3 is 17.9 Å². The number of aromatic nitrogens is 3. The number of hydrogen-bond acceptors (Lipinski definition) is 10. The second-order valence-corrected chi connectivity index (χ2v) is 7.88. The lowest BCUT2D eigenvalue weighted by molar-refractivity contribution is -0.218. The minimum absolute atomic E-state index is 0.000785. The van der Waals surface area contributed by atoms with Gasteiger partial charge < -0.3 is 18.9 Å². The Balaban J connectivity index is 2.09. The largest absolute Gasteiger partial charge is 0.463 e. The zero-order valence-electron chi connectivity index (χ0n) is 18.6. The molecule has 0 bridgehead atoms. The van der Waals surface area contributed by atoms with Crippen LogP contribution in [0.2, 0.25) is 5.02 Å². The highest BCUT2D eigenvalue weighted by Crippen LogP contribution is 2.35. The van der Waals surface area contributed by atoms with E-state index in [4.69, 9.17) is 30.5 Å². The monoisotopic (exact) mass is 512 g/mol. The van der Waals surface area contributed by atoms with E-state index in [-0.39, 0.29) is 11.3 Å². The fourth-order valence-corrected chi connectivity index (χ4v) is 3.70. The first-order valence-electron chi connectivity index (χ1n) is 10.1. The van der Waals surface area contributed by atoms with Gasteiger partial charge in [-0.25, -0.2) is 13.5 Å². The van der Waals surface area contributed by atoms with Gasteiger partial charge in [-0.05, 0) is 12.1 Å². The molecule has 1 aliphatic heterocycles. The number of carbonyl (C=O) groups is 3. The molecule has 14 heteroatoms. The van der Waals surface area contributed by atoms with Crippen LogP contribution in [0.3, 0.4) is 0 Å². The number of nitrogens with zero attached hydrogens (tertiary/aromatic N) is 4. The molecular weight excluding hydrogens is 494 g/mol. The van der Waals surface area contributed by atoms with E-state index >= 15 is 0 Å². The summed E-state index contributed by atoms with van der Waals surface area (Å²) >= 11 is 5.53. The van der Waals surface area contributed by atoms with E-state index in [0.29, 0.717) is 0 Å². The summed E-state index contributed by atoms with van der Waals surface area (Å²) in [5, 5.41) is 16.8. The topological polar surface area (TPSA) is 143 Å². The molecule has 0 saturated carbocycles. The quantitative estimate of drug-likeness (QED) is 0.321. The van der Waals surface area contributed by atoms with Gasteiger partial charge in [0.25, 0.3) is 0 Å². The Kier molecular flexibility index (Phi) is 7.98. The van der Waals surface area contributed by atoms with E-state index in [2.05, 4.69) is 10.3 Å². The van der Waals surface area contributed by atoms with Gasteiger partial charge in [0.1, 0.15) is 41.1 Å². The summed E-state index contributed by atoms with van der Waals surface area (Å²) in [5.41, 5.74) is -0.0109. The van der Waals surface area contributed by atoms with Gasteiger partial charge in [-0.3, -0.25) is 14.4 Å². The van der Waals surface area contributed by atoms with Crippen LogP contribution in [0.15, 0.2) is 18.3 Å². The third-order valence-corrected chi connectivity index (χ3v) is 5.30. The zero-order valence-corrected chi connectivity index (χ0v) is 19.4. The van der Waals surface area contributed by atoms with Gasteiger partial charge in [0, 0.05) is 26.3 Å². The van der Waals surface area contributed by atoms with Crippen molar-refractivity contribution in [3.05, 3.63) is 35.0 Å². The molecule has 0 spiro atoms. The number of nitriles is 1. The average molecular weight is 513 g/mol. The van der Waals surface area contributed by atoms with Crippen molar-refractivity contribution >= 4 is 29.5 Å². The number of halogens is 3. The number of benzene rings is 1. The van der Waals surface area contributed by atoms with E-state index in [1.807, 2.05) is 6.07 Å². The van der Waals surface area contributed by atoms with Crippen LogP contribution in [0.1, 0.15) is 26.8 Å². The molecule has 2 heterocycles. The maximum atomic E-state index is 14.0. The lowest BCUT2D eigenvalue weighted by Gasteiger charge is -2.42. The number of esters is 3. The van der Waals surface area contributed by atoms with E-state index in [9.17, 15) is 28.4 Å². The molecule has 2 aromatic rings. The smallest absolute Gasteiger partial charge is 0.303 e. The fourth-order valence-electron chi connectivity index (χ4n) is 3.59. The van der Waals surface area contributed by atoms with Gasteiger partial charge in [0.2, 0.25) is 0 Å². The van der Waals surface area contributed by atoms with E-state index in [1.165, 1.54) is 6.20 Å². The van der Waals surface area contributed by atoms with Crippen LogP contribution in [0.5, 0.6) is 0 Å². The van der Waals surface area contributed by atoms with Crippen molar-refractivity contribution in [3.63, 3.8) is 0 Å². The molecule has 11 nitrogen and oxygen atoms in total. The van der Waals surface area contributed by atoms with E-state index in [0.717, 1.165) is 37.6 Å². The van der Waals surface area contributed by atoms with Crippen LogP contribution in [0, 0.1) is 23.0 Å². The summed E-state index contributed by atoms with van der Waals surface area (Å²) in [6.07, 6.45) is -3.89. The zero-order chi connectivity index (χ0) is 25.9. The molecule has 1 aromatic carbocycles. The second kappa shape index (κ2) is 10.7. The highest BCUT2D eigenvalue weighted by Gasteiger charge is 2.52. The SMILES string of the molecule is CC(=O)OC[C@H]1O[C@@H](C#N)[C@H](OC(C)=O)[C@@H](n2cc(-c3cc(F)c(Cl)c(F)c3)nn2)[C@H]1OC(C)=O. The number of ether oxygens (including phenoxy) is 4. The lowest BCUT2D eigenvalue weighted by Crippen LogP contribution is -2.58. The van der Waals surface area contributed by atoms with E-state index in [1.54, 1.807) is 0 Å². The Bertz CT molecular complexity index is 1160. The molecule has 3 rings (SSSR count). The Labute approximate surface area is 202 Å². The van der Waals surface area contributed by atoms with Crippen LogP contribution in [-0.2, 0) is 33.3 Å². The number of carbonyl (C=O) groups excluding carboxylic acids is 3. The third kappa shape index (κ3) is 5.90. The molecular formula is C21H19ClF2N4O7. The van der Waals surface area contributed by atoms with Gasteiger partial charge in [-0.15, -0.1) is 5.10 Å². The molecule has 1 aliphatic rings. The van der Waals surface area contributed by atoms with Gasteiger partial charge in [-0.1, -0.05) is 16.8 Å². The highest BCUT2D eigenvalue weighted by atomic mass is 35.5. The molecule has 0 unspecified atom stereocenters. The predicted molar refractivity (Wildman–Crippen MR) is 111 cm³/mol. The molecule has 35 heavy (non-hydrogen) atoms. The summed E-state index contributed by atoms with van der Waals surface area (Å²) in [5.74, 6) is -4.23. The molecule has 1 saturated heterocycles. The minimum atomic E-state index is -1.38. The van der Waals surface area contributed by atoms with Gasteiger partial charge in [-0.2, -0.15) is 5.26 Å². The predicted octanol–water partition coefficient (Wildman–Crippen LogP) is 2.14. The summed E-state index contributed by atoms with van der Waals surface area (Å²) in [7, 11) is 0. The lowest BCUT2D eigenvalue weighted by atomic mass is 9.92. The molecule has 1 aromatic heterocycles. The van der Waals surface area contributed by atoms with Crippen LogP contribution in [0.25, 0.3) is 11.3 Å². The van der Waals surface area contributed by atoms with Crippen molar-refractivity contribution in [2.45, 2.75) is 51.2 Å². The van der Waals surface area contributed by atoms with Crippen LogP contribution in [-0.4, -0.2) is 63.9 Å². The van der Waals surface area contributed by atoms with Crippen molar-refractivity contribution in [2.24, 2.45) is 0 Å². The molecule has 186 valence electrons. The van der Waals surface area contributed by atoms with Crippen LogP contribution >= 0.6 is 11.6 Å². The average Bonchev–Trinajstić information content (AvgIpc) is 3.25. The summed E-state index contributed by atoms with van der Waals surface area (Å²) in [6.45, 7) is 2.97. The fraction of sp³-hybridized carbons (Fsp3) is 0.429. The second-order valence-electron chi connectivity index (χ2n) is 7.50. The van der Waals surface area contributed by atoms with Gasteiger partial charge in [0.05, 0.1) is 12.3 Å². The van der Waals surface area contributed by atoms with Gasteiger partial charge in [0.15, 0.2) is 18.3 Å². The molecule has 0 amide bonds. The Morgan fingerprint density at radius 1 is 1.11 bits per heavy atom. The first kappa shape index (κ1) is 26.0. The Morgan fingerprint density at radius 2 is 1.71 bits per heavy atom. The van der Waals surface area contributed by atoms with Crippen molar-refractivity contribution in [2.75, 3.05) is 6.61 Å². The summed E-state index contributed by atoms with van der Waals surface area (Å²) < 4.78 is 50.4. The van der Waals surface area contributed by atoms with Crippen molar-refractivity contribution in [1.82, 2.24) is 15.0 Å². The first-order chi connectivity index (χ1) is 16.5.